The predicted molar refractivity (Wildman–Crippen MR) is 66.0 cm³/mol. The third-order valence-corrected chi connectivity index (χ3v) is 3.12. The fraction of sp³-hybridized carbons (Fsp3) is 0.636. The average molecular weight is 238 g/mol. The minimum Gasteiger partial charge on any atom is -0.385 e. The van der Waals surface area contributed by atoms with Gasteiger partial charge in [0, 0.05) is 12.6 Å². The normalized spacial score (nSPS) is 16.5. The molecule has 0 unspecified atom stereocenters. The number of nitrogens with zero attached hydrogens (tertiary/aromatic N) is 2. The molecule has 1 aromatic heterocycles. The van der Waals surface area contributed by atoms with Crippen molar-refractivity contribution in [1.82, 2.24) is 14.5 Å². The van der Waals surface area contributed by atoms with Crippen LogP contribution in [0.15, 0.2) is 15.7 Å². The Morgan fingerprint density at radius 2 is 1.94 bits per heavy atom. The molecular weight excluding hydrogens is 220 g/mol. The maximum atomic E-state index is 11.5. The second-order valence-corrected chi connectivity index (χ2v) is 4.42. The van der Waals surface area contributed by atoms with Crippen LogP contribution in [0.25, 0.3) is 0 Å². The van der Waals surface area contributed by atoms with E-state index >= 15 is 0 Å². The summed E-state index contributed by atoms with van der Waals surface area (Å²) in [5.41, 5.74) is 4.78. The van der Waals surface area contributed by atoms with Crippen LogP contribution in [0.1, 0.15) is 19.3 Å². The maximum absolute atomic E-state index is 11.5. The minimum absolute atomic E-state index is 0.236. The molecule has 1 fully saturated rings. The number of hydrogen-bond acceptors (Lipinski definition) is 4. The average Bonchev–Trinajstić information content (AvgIpc) is 2.74. The molecule has 0 spiro atoms. The van der Waals surface area contributed by atoms with Crippen molar-refractivity contribution in [3.05, 3.63) is 26.9 Å². The van der Waals surface area contributed by atoms with Crippen molar-refractivity contribution in [3.8, 4) is 0 Å². The summed E-state index contributed by atoms with van der Waals surface area (Å²) in [6.07, 6.45) is 3.40. The van der Waals surface area contributed by atoms with Gasteiger partial charge in [0.05, 0.1) is 0 Å². The third kappa shape index (κ3) is 2.97. The highest BCUT2D eigenvalue weighted by molar-refractivity contribution is 5.25. The topological polar surface area (TPSA) is 84.1 Å². The van der Waals surface area contributed by atoms with E-state index in [0.29, 0.717) is 6.54 Å². The number of nitrogens with two attached hydrogens (primary N) is 1. The lowest BCUT2D eigenvalue weighted by Crippen LogP contribution is -2.32. The van der Waals surface area contributed by atoms with E-state index in [4.69, 9.17) is 5.73 Å². The van der Waals surface area contributed by atoms with Crippen LogP contribution in [0, 0.1) is 0 Å². The van der Waals surface area contributed by atoms with E-state index in [-0.39, 0.29) is 5.82 Å². The summed E-state index contributed by atoms with van der Waals surface area (Å²) in [6, 6.07) is 1.25. The molecule has 1 saturated heterocycles. The van der Waals surface area contributed by atoms with Crippen molar-refractivity contribution >= 4 is 5.82 Å². The Balaban J connectivity index is 1.94. The molecule has 0 saturated carbocycles. The summed E-state index contributed by atoms with van der Waals surface area (Å²) in [4.78, 5) is 27.1. The Hall–Kier alpha value is -1.56. The molecule has 0 atom stereocenters. The van der Waals surface area contributed by atoms with Crippen LogP contribution in [0.4, 0.5) is 5.82 Å². The van der Waals surface area contributed by atoms with E-state index in [1.54, 1.807) is 0 Å². The van der Waals surface area contributed by atoms with Gasteiger partial charge in [-0.25, -0.2) is 4.79 Å². The number of nitrogens with one attached hydrogen (secondary N) is 1. The molecule has 0 aromatic carbocycles. The highest BCUT2D eigenvalue weighted by Gasteiger charge is 2.11. The van der Waals surface area contributed by atoms with Gasteiger partial charge in [-0.3, -0.25) is 14.3 Å². The Kier molecular flexibility index (Phi) is 3.63. The zero-order chi connectivity index (χ0) is 12.3. The lowest BCUT2D eigenvalue weighted by molar-refractivity contribution is 0.324. The van der Waals surface area contributed by atoms with Gasteiger partial charge in [-0.05, 0) is 38.9 Å². The first-order valence-corrected chi connectivity index (χ1v) is 5.99. The number of likely N-dealkylation sites (tertiary alicyclic amines) is 1. The summed E-state index contributed by atoms with van der Waals surface area (Å²) < 4.78 is 1.41. The van der Waals surface area contributed by atoms with Gasteiger partial charge in [0.1, 0.15) is 5.82 Å². The van der Waals surface area contributed by atoms with Gasteiger partial charge in [0.15, 0.2) is 0 Å². The van der Waals surface area contributed by atoms with Crippen LogP contribution in [-0.4, -0.2) is 34.1 Å². The second-order valence-electron chi connectivity index (χ2n) is 4.42. The van der Waals surface area contributed by atoms with Gasteiger partial charge in [-0.1, -0.05) is 0 Å². The molecule has 3 N–H and O–H groups in total. The highest BCUT2D eigenvalue weighted by atomic mass is 16.2. The molecule has 94 valence electrons. The van der Waals surface area contributed by atoms with E-state index in [0.717, 1.165) is 26.1 Å². The summed E-state index contributed by atoms with van der Waals surface area (Å²) in [6.45, 7) is 3.83. The summed E-state index contributed by atoms with van der Waals surface area (Å²) >= 11 is 0. The van der Waals surface area contributed by atoms with Gasteiger partial charge in [0.25, 0.3) is 5.56 Å². The van der Waals surface area contributed by atoms with E-state index in [2.05, 4.69) is 9.88 Å². The van der Waals surface area contributed by atoms with Crippen LogP contribution in [0.2, 0.25) is 0 Å². The van der Waals surface area contributed by atoms with Crippen molar-refractivity contribution in [3.63, 3.8) is 0 Å². The molecule has 2 rings (SSSR count). The standard InChI is InChI=1S/C11H18N4O2/c12-9-8-10(16)13-11(17)15(9)7-3-6-14-4-1-2-5-14/h8H,1-7,12H2,(H,13,16,17). The Morgan fingerprint density at radius 1 is 1.24 bits per heavy atom. The van der Waals surface area contributed by atoms with Gasteiger partial charge >= 0.3 is 5.69 Å². The molecule has 0 bridgehead atoms. The molecular formula is C11H18N4O2. The van der Waals surface area contributed by atoms with E-state index < -0.39 is 11.2 Å². The smallest absolute Gasteiger partial charge is 0.329 e. The van der Waals surface area contributed by atoms with Crippen molar-refractivity contribution < 1.29 is 0 Å². The summed E-state index contributed by atoms with van der Waals surface area (Å²) in [7, 11) is 0. The number of anilines is 1. The zero-order valence-corrected chi connectivity index (χ0v) is 9.82. The lowest BCUT2D eigenvalue weighted by Gasteiger charge is -2.15. The SMILES string of the molecule is Nc1cc(=O)[nH]c(=O)n1CCCN1CCCC1. The van der Waals surface area contributed by atoms with Crippen molar-refractivity contribution in [1.29, 1.82) is 0 Å². The molecule has 17 heavy (non-hydrogen) atoms. The molecule has 1 aromatic rings. The third-order valence-electron chi connectivity index (χ3n) is 3.12. The zero-order valence-electron chi connectivity index (χ0n) is 9.82. The number of nitrogen functional groups attached to an aromatic ring is 1. The first-order chi connectivity index (χ1) is 8.16. The summed E-state index contributed by atoms with van der Waals surface area (Å²) in [5.74, 6) is 0.236. The molecule has 1 aliphatic heterocycles. The molecule has 0 aliphatic carbocycles. The number of H-pyrrole nitrogens is 1. The van der Waals surface area contributed by atoms with Crippen LogP contribution < -0.4 is 17.0 Å². The maximum Gasteiger partial charge on any atom is 0.329 e. The first-order valence-electron chi connectivity index (χ1n) is 5.99. The van der Waals surface area contributed by atoms with Crippen LogP contribution in [0.5, 0.6) is 0 Å². The van der Waals surface area contributed by atoms with Crippen molar-refractivity contribution in [2.24, 2.45) is 0 Å². The summed E-state index contributed by atoms with van der Waals surface area (Å²) in [5, 5.41) is 0. The Labute approximate surface area is 99.1 Å². The van der Waals surface area contributed by atoms with Gasteiger partial charge in [-0.2, -0.15) is 0 Å². The number of rotatable bonds is 4. The number of hydrogen-bond donors (Lipinski definition) is 2. The van der Waals surface area contributed by atoms with Gasteiger partial charge in [-0.15, -0.1) is 0 Å². The van der Waals surface area contributed by atoms with Crippen molar-refractivity contribution in [2.75, 3.05) is 25.4 Å². The van der Waals surface area contributed by atoms with Crippen LogP contribution in [-0.2, 0) is 6.54 Å². The second kappa shape index (κ2) is 5.18. The van der Waals surface area contributed by atoms with E-state index in [1.165, 1.54) is 23.5 Å². The van der Waals surface area contributed by atoms with Crippen molar-refractivity contribution in [2.45, 2.75) is 25.8 Å². The van der Waals surface area contributed by atoms with Crippen LogP contribution >= 0.6 is 0 Å². The Bertz CT molecular complexity index is 485. The lowest BCUT2D eigenvalue weighted by atomic mass is 10.3. The van der Waals surface area contributed by atoms with Crippen LogP contribution in [0.3, 0.4) is 0 Å². The monoisotopic (exact) mass is 238 g/mol. The van der Waals surface area contributed by atoms with Gasteiger partial charge < -0.3 is 10.6 Å². The minimum atomic E-state index is -0.441. The Morgan fingerprint density at radius 3 is 2.59 bits per heavy atom. The van der Waals surface area contributed by atoms with E-state index in [9.17, 15) is 9.59 Å². The number of aromatic amines is 1. The first kappa shape index (κ1) is 11.9. The van der Waals surface area contributed by atoms with E-state index in [1.807, 2.05) is 0 Å². The fourth-order valence-electron chi connectivity index (χ4n) is 2.23. The quantitative estimate of drug-likeness (QED) is 0.748. The number of aromatic nitrogens is 2. The molecule has 6 heteroatoms. The molecule has 2 heterocycles. The predicted octanol–water partition coefficient (Wildman–Crippen LogP) is -0.395. The molecule has 0 amide bonds. The largest absolute Gasteiger partial charge is 0.385 e. The highest BCUT2D eigenvalue weighted by Crippen LogP contribution is 2.07. The molecule has 0 radical (unpaired) electrons. The molecule has 6 nitrogen and oxygen atoms in total. The fourth-order valence-corrected chi connectivity index (χ4v) is 2.23. The van der Waals surface area contributed by atoms with Gasteiger partial charge in [0.2, 0.25) is 0 Å². The molecule has 1 aliphatic rings.